The maximum atomic E-state index is 14.9. The molecule has 2 aromatic carbocycles. The molecule has 3 aliphatic carbocycles. The Bertz CT molecular complexity index is 1980. The molecule has 1 amide bonds. The second kappa shape index (κ2) is 15.2. The van der Waals surface area contributed by atoms with Gasteiger partial charge >= 0.3 is 24.0 Å². The number of amides is 1. The number of fused-ring (bicyclic) bond motifs is 5. The minimum Gasteiger partial charge on any atom is -0.456 e. The molecule has 1 heterocycles. The van der Waals surface area contributed by atoms with Gasteiger partial charge in [0.15, 0.2) is 17.5 Å². The number of carbonyl (C=O) groups is 5. The maximum Gasteiger partial charge on any atom is 0.408 e. The van der Waals surface area contributed by atoms with Crippen LogP contribution in [-0.2, 0) is 38.1 Å². The summed E-state index contributed by atoms with van der Waals surface area (Å²) in [7, 11) is 0. The topological polar surface area (TPSA) is 224 Å². The average molecular weight is 810 g/mol. The number of rotatable bonds is 8. The first-order chi connectivity index (χ1) is 27.0. The third-order valence-electron chi connectivity index (χ3n) is 12.6. The molecule has 314 valence electrons. The van der Waals surface area contributed by atoms with Crippen molar-refractivity contribution in [1.82, 2.24) is 5.32 Å². The number of ketones is 1. The molecule has 0 unspecified atom stereocenters. The van der Waals surface area contributed by atoms with Gasteiger partial charge in [-0.3, -0.25) is 9.59 Å². The number of Topliss-reactive ketones (excluding diaryl/α,β-unsaturated/α-hetero) is 1. The maximum absolute atomic E-state index is 14.9. The smallest absolute Gasteiger partial charge is 0.408 e. The summed E-state index contributed by atoms with van der Waals surface area (Å²) in [6, 6.07) is 14.6. The van der Waals surface area contributed by atoms with Crippen LogP contribution in [0.3, 0.4) is 0 Å². The number of hydrogen-bond donors (Lipinski definition) is 5. The summed E-state index contributed by atoms with van der Waals surface area (Å²) in [6.07, 6.45) is -11.5. The van der Waals surface area contributed by atoms with Gasteiger partial charge in [-0.05, 0) is 63.5 Å². The lowest BCUT2D eigenvalue weighted by Gasteiger charge is -2.67. The normalized spacial score (nSPS) is 33.7. The van der Waals surface area contributed by atoms with Crippen LogP contribution >= 0.6 is 0 Å². The molecule has 15 heteroatoms. The predicted molar refractivity (Wildman–Crippen MR) is 204 cm³/mol. The van der Waals surface area contributed by atoms with Gasteiger partial charge in [-0.15, -0.1) is 0 Å². The van der Waals surface area contributed by atoms with E-state index in [0.717, 1.165) is 6.92 Å². The van der Waals surface area contributed by atoms with Gasteiger partial charge < -0.3 is 49.4 Å². The van der Waals surface area contributed by atoms with Crippen LogP contribution in [0.25, 0.3) is 0 Å². The minimum absolute atomic E-state index is 0.0637. The Kier molecular flexibility index (Phi) is 11.2. The summed E-state index contributed by atoms with van der Waals surface area (Å²) in [5, 5.41) is 51.6. The number of hydrogen-bond acceptors (Lipinski definition) is 14. The van der Waals surface area contributed by atoms with Crippen molar-refractivity contribution < 1.29 is 68.1 Å². The number of esters is 3. The van der Waals surface area contributed by atoms with E-state index in [-0.39, 0.29) is 29.7 Å². The summed E-state index contributed by atoms with van der Waals surface area (Å²) < 4.78 is 29.5. The molecule has 1 saturated heterocycles. The molecule has 2 bridgehead atoms. The van der Waals surface area contributed by atoms with Crippen molar-refractivity contribution in [3.63, 3.8) is 0 Å². The van der Waals surface area contributed by atoms with Gasteiger partial charge in [0.1, 0.15) is 35.6 Å². The standard InChI is InChI=1S/C43H53NO14/c1-22-26(55-37(51)32(48)30(24-15-11-9-12-16-24)44-38(52)58-39(3,4)5)20-43(53)35(56-36(50)25-17-13-10-14-18-25)33-41(8,34(49)31(47)29(22)40(43,6)7)27(46)19-28-42(33,21-54-28)57-23(2)45/h9-18,26-28,30-33,35,46-48,53H,19-21H2,1-8H3,(H,44,52)/t26-,27-,28+,30+,31+,32+,33-,35-,41+,42-,43+/m0/s1/i30+2. The van der Waals surface area contributed by atoms with Gasteiger partial charge in [0.05, 0.1) is 35.6 Å². The van der Waals surface area contributed by atoms with Crippen LogP contribution in [-0.4, -0.2) is 110 Å². The number of aliphatic hydroxyl groups excluding tert-OH is 3. The molecule has 15 nitrogen and oxygen atoms in total. The first-order valence-electron chi connectivity index (χ1n) is 19.3. The zero-order chi connectivity index (χ0) is 42.7. The average Bonchev–Trinajstić information content (AvgIpc) is 3.14. The number of ether oxygens (including phenoxy) is 5. The lowest BCUT2D eigenvalue weighted by Crippen LogP contribution is -2.81. The van der Waals surface area contributed by atoms with E-state index >= 15 is 0 Å². The van der Waals surface area contributed by atoms with E-state index in [1.165, 1.54) is 26.0 Å². The number of carbonyl (C=O) groups excluding carboxylic acids is 5. The third-order valence-corrected chi connectivity index (χ3v) is 12.6. The van der Waals surface area contributed by atoms with Crippen molar-refractivity contribution in [1.29, 1.82) is 0 Å². The largest absolute Gasteiger partial charge is 0.456 e. The van der Waals surface area contributed by atoms with Crippen LogP contribution in [0.2, 0.25) is 0 Å². The SMILES string of the molecule is CC(=O)O[C@@]12CO[C@@H]1C[C@H](O)[C@@]1(C)C(=O)[C@H](O)C3=C(C)[C@@H](OC(=O)[C@H](O)[14C@H](NC(=O)OC(C)(C)C)c4ccccc4)C[C@@](O)([C@@H](OC(=O)c4ccccc4)[C@H]21)C3(C)C. The molecular formula is C43H53NO14. The number of aliphatic hydroxyl groups is 4. The zero-order valence-corrected chi connectivity index (χ0v) is 33.9. The minimum atomic E-state index is -2.35. The van der Waals surface area contributed by atoms with Gasteiger partial charge in [-0.25, -0.2) is 14.4 Å². The van der Waals surface area contributed by atoms with Gasteiger partial charge in [0, 0.05) is 25.2 Å². The fourth-order valence-corrected chi connectivity index (χ4v) is 9.56. The van der Waals surface area contributed by atoms with Crippen molar-refractivity contribution >= 4 is 29.8 Å². The molecule has 6 rings (SSSR count). The van der Waals surface area contributed by atoms with Gasteiger partial charge in [0.25, 0.3) is 0 Å². The van der Waals surface area contributed by atoms with Crippen LogP contribution in [0, 0.1) is 16.7 Å². The predicted octanol–water partition coefficient (Wildman–Crippen LogP) is 3.26. The molecule has 58 heavy (non-hydrogen) atoms. The molecule has 1 aliphatic heterocycles. The van der Waals surface area contributed by atoms with Crippen molar-refractivity contribution in [3.05, 3.63) is 82.9 Å². The molecule has 3 fully saturated rings. The Morgan fingerprint density at radius 1 is 0.966 bits per heavy atom. The molecule has 0 aromatic heterocycles. The number of nitrogens with one attached hydrogen (secondary N) is 1. The molecule has 2 saturated carbocycles. The quantitative estimate of drug-likeness (QED) is 0.147. The number of benzene rings is 2. The van der Waals surface area contributed by atoms with E-state index in [4.69, 9.17) is 23.7 Å². The molecule has 5 N–H and O–H groups in total. The van der Waals surface area contributed by atoms with Crippen LogP contribution in [0.4, 0.5) is 4.79 Å². The molecule has 0 radical (unpaired) electrons. The molecule has 11 atom stereocenters. The van der Waals surface area contributed by atoms with Gasteiger partial charge in [-0.1, -0.05) is 62.4 Å². The Morgan fingerprint density at radius 2 is 1.57 bits per heavy atom. The lowest BCUT2D eigenvalue weighted by atomic mass is 9.44. The fourth-order valence-electron chi connectivity index (χ4n) is 9.56. The molecule has 2 aromatic rings. The molecule has 0 spiro atoms. The Morgan fingerprint density at radius 3 is 2.12 bits per heavy atom. The van der Waals surface area contributed by atoms with Crippen molar-refractivity contribution in [3.8, 4) is 0 Å². The highest BCUT2D eigenvalue weighted by Gasteiger charge is 2.78. The van der Waals surface area contributed by atoms with E-state index in [1.807, 2.05) is 0 Å². The monoisotopic (exact) mass is 809 g/mol. The first-order valence-corrected chi connectivity index (χ1v) is 19.3. The molecule has 4 aliphatic rings. The van der Waals surface area contributed by atoms with Crippen LogP contribution < -0.4 is 5.32 Å². The van der Waals surface area contributed by atoms with Gasteiger partial charge in [0.2, 0.25) is 0 Å². The summed E-state index contributed by atoms with van der Waals surface area (Å²) in [5.41, 5.74) is -8.14. The summed E-state index contributed by atoms with van der Waals surface area (Å²) in [5.74, 6) is -5.36. The van der Waals surface area contributed by atoms with Crippen LogP contribution in [0.1, 0.15) is 90.2 Å². The summed E-state index contributed by atoms with van der Waals surface area (Å²) in [4.78, 5) is 68.9. The second-order valence-corrected chi connectivity index (χ2v) is 17.6. The Balaban J connectivity index is 1.49. The zero-order valence-electron chi connectivity index (χ0n) is 33.9. The van der Waals surface area contributed by atoms with Crippen molar-refractivity contribution in [2.75, 3.05) is 6.61 Å². The fraction of sp³-hybridized carbons (Fsp3) is 0.558. The second-order valence-electron chi connectivity index (χ2n) is 17.6. The summed E-state index contributed by atoms with van der Waals surface area (Å²) in [6.45, 7) is 11.8. The van der Waals surface area contributed by atoms with E-state index in [2.05, 4.69) is 5.32 Å². The molecular weight excluding hydrogens is 756 g/mol. The lowest BCUT2D eigenvalue weighted by molar-refractivity contribution is -0.346. The first kappa shape index (κ1) is 42.9. The van der Waals surface area contributed by atoms with E-state index < -0.39 is 112 Å². The van der Waals surface area contributed by atoms with Crippen molar-refractivity contribution in [2.24, 2.45) is 16.7 Å². The Hall–Kier alpha value is -4.67. The van der Waals surface area contributed by atoms with Gasteiger partial charge in [-0.2, -0.15) is 0 Å². The highest BCUT2D eigenvalue weighted by atomic mass is 16.6. The highest BCUT2D eigenvalue weighted by Crippen LogP contribution is 2.64. The van der Waals surface area contributed by atoms with Crippen LogP contribution in [0.15, 0.2) is 71.8 Å². The highest BCUT2D eigenvalue weighted by molar-refractivity contribution is 5.94. The van der Waals surface area contributed by atoms with Crippen molar-refractivity contribution in [2.45, 2.75) is 128 Å². The van der Waals surface area contributed by atoms with E-state index in [1.54, 1.807) is 83.1 Å². The Labute approximate surface area is 336 Å². The van der Waals surface area contributed by atoms with Crippen LogP contribution in [0.5, 0.6) is 0 Å². The summed E-state index contributed by atoms with van der Waals surface area (Å²) >= 11 is 0. The van der Waals surface area contributed by atoms with E-state index in [0.29, 0.717) is 5.56 Å². The third kappa shape index (κ3) is 7.10. The van der Waals surface area contributed by atoms with E-state index in [9.17, 15) is 44.4 Å². The number of alkyl carbamates (subject to hydrolysis) is 1.